The SMILES string of the molecule is CC(C)(C)c1ncc2c(n1)CCN(Cc1cnn(-c3ccccc3)c1)C2. The van der Waals surface area contributed by atoms with E-state index in [1.807, 2.05) is 35.3 Å². The van der Waals surface area contributed by atoms with E-state index in [4.69, 9.17) is 4.98 Å². The monoisotopic (exact) mass is 347 g/mol. The fraction of sp³-hybridized carbons (Fsp3) is 0.381. The third-order valence-electron chi connectivity index (χ3n) is 4.75. The maximum absolute atomic E-state index is 4.82. The molecule has 2 aromatic heterocycles. The van der Waals surface area contributed by atoms with Gasteiger partial charge in [-0.2, -0.15) is 5.10 Å². The number of hydrogen-bond donors (Lipinski definition) is 0. The van der Waals surface area contributed by atoms with Crippen molar-refractivity contribution in [3.63, 3.8) is 0 Å². The Balaban J connectivity index is 1.46. The van der Waals surface area contributed by atoms with Crippen LogP contribution in [0.25, 0.3) is 5.69 Å². The molecule has 0 amide bonds. The van der Waals surface area contributed by atoms with Crippen molar-refractivity contribution in [3.05, 3.63) is 71.6 Å². The third-order valence-corrected chi connectivity index (χ3v) is 4.75. The molecule has 0 N–H and O–H groups in total. The smallest absolute Gasteiger partial charge is 0.133 e. The van der Waals surface area contributed by atoms with Crippen LogP contribution in [0.4, 0.5) is 0 Å². The Bertz CT molecular complexity index is 892. The third kappa shape index (κ3) is 3.53. The van der Waals surface area contributed by atoms with E-state index in [0.717, 1.165) is 37.6 Å². The summed E-state index contributed by atoms with van der Waals surface area (Å²) in [5, 5.41) is 4.50. The lowest BCUT2D eigenvalue weighted by Gasteiger charge is -2.28. The standard InChI is InChI=1S/C21H25N5/c1-21(2,3)20-22-12-17-15-25(10-9-19(17)24-20)13-16-11-23-26(14-16)18-7-5-4-6-8-18/h4-8,11-12,14H,9-10,13,15H2,1-3H3. The van der Waals surface area contributed by atoms with E-state index in [9.17, 15) is 0 Å². The lowest BCUT2D eigenvalue weighted by Crippen LogP contribution is -2.31. The molecule has 3 aromatic rings. The molecule has 0 aliphatic carbocycles. The lowest BCUT2D eigenvalue weighted by atomic mass is 9.95. The second-order valence-electron chi connectivity index (χ2n) is 8.00. The molecule has 0 unspecified atom stereocenters. The van der Waals surface area contributed by atoms with Gasteiger partial charge in [0.05, 0.1) is 11.9 Å². The lowest BCUT2D eigenvalue weighted by molar-refractivity contribution is 0.242. The van der Waals surface area contributed by atoms with Crippen LogP contribution in [-0.2, 0) is 24.9 Å². The molecule has 3 heterocycles. The molecule has 0 saturated heterocycles. The van der Waals surface area contributed by atoms with Crippen LogP contribution in [0, 0.1) is 0 Å². The topological polar surface area (TPSA) is 46.8 Å². The predicted molar refractivity (Wildman–Crippen MR) is 102 cm³/mol. The summed E-state index contributed by atoms with van der Waals surface area (Å²) in [5.41, 5.74) is 4.77. The van der Waals surface area contributed by atoms with Gasteiger partial charge in [-0.1, -0.05) is 39.0 Å². The quantitative estimate of drug-likeness (QED) is 0.727. The first kappa shape index (κ1) is 16.9. The highest BCUT2D eigenvalue weighted by molar-refractivity contribution is 5.31. The van der Waals surface area contributed by atoms with Gasteiger partial charge < -0.3 is 0 Å². The largest absolute Gasteiger partial charge is 0.294 e. The molecule has 0 spiro atoms. The summed E-state index contributed by atoms with van der Waals surface area (Å²) >= 11 is 0. The number of nitrogens with zero attached hydrogens (tertiary/aromatic N) is 5. The Morgan fingerprint density at radius 1 is 1.08 bits per heavy atom. The molecule has 0 bridgehead atoms. The van der Waals surface area contributed by atoms with Gasteiger partial charge in [0.25, 0.3) is 0 Å². The van der Waals surface area contributed by atoms with Crippen molar-refractivity contribution in [3.8, 4) is 5.69 Å². The number of fused-ring (bicyclic) bond motifs is 1. The van der Waals surface area contributed by atoms with E-state index in [1.165, 1.54) is 16.8 Å². The minimum Gasteiger partial charge on any atom is -0.294 e. The fourth-order valence-corrected chi connectivity index (χ4v) is 3.29. The van der Waals surface area contributed by atoms with Crippen molar-refractivity contribution < 1.29 is 0 Å². The average molecular weight is 347 g/mol. The number of benzene rings is 1. The summed E-state index contributed by atoms with van der Waals surface area (Å²) in [6.45, 7) is 9.30. The number of hydrogen-bond acceptors (Lipinski definition) is 4. The zero-order valence-electron chi connectivity index (χ0n) is 15.7. The first-order valence-corrected chi connectivity index (χ1v) is 9.16. The van der Waals surface area contributed by atoms with E-state index < -0.39 is 0 Å². The van der Waals surface area contributed by atoms with Gasteiger partial charge >= 0.3 is 0 Å². The van der Waals surface area contributed by atoms with Crippen LogP contribution in [0.3, 0.4) is 0 Å². The maximum atomic E-state index is 4.82. The van der Waals surface area contributed by atoms with Crippen molar-refractivity contribution in [2.45, 2.75) is 45.7 Å². The van der Waals surface area contributed by atoms with Gasteiger partial charge in [-0.05, 0) is 12.1 Å². The van der Waals surface area contributed by atoms with Crippen LogP contribution in [0.1, 0.15) is 43.4 Å². The minimum absolute atomic E-state index is 0.00180. The summed E-state index contributed by atoms with van der Waals surface area (Å²) in [7, 11) is 0. The highest BCUT2D eigenvalue weighted by Gasteiger charge is 2.23. The second-order valence-corrected chi connectivity index (χ2v) is 8.00. The summed E-state index contributed by atoms with van der Waals surface area (Å²) < 4.78 is 1.94. The van der Waals surface area contributed by atoms with Crippen LogP contribution in [-0.4, -0.2) is 31.2 Å². The molecule has 0 fully saturated rings. The molecule has 0 atom stereocenters. The van der Waals surface area contributed by atoms with Gasteiger partial charge in [-0.3, -0.25) is 4.90 Å². The van der Waals surface area contributed by atoms with Crippen molar-refractivity contribution in [2.75, 3.05) is 6.54 Å². The number of aromatic nitrogens is 4. The van der Waals surface area contributed by atoms with Crippen molar-refractivity contribution in [2.24, 2.45) is 0 Å². The van der Waals surface area contributed by atoms with Crippen molar-refractivity contribution >= 4 is 0 Å². The molecular formula is C21H25N5. The van der Waals surface area contributed by atoms with Gasteiger partial charge in [-0.25, -0.2) is 14.6 Å². The average Bonchev–Trinajstić information content (AvgIpc) is 3.10. The Hall–Kier alpha value is -2.53. The van der Waals surface area contributed by atoms with E-state index >= 15 is 0 Å². The molecular weight excluding hydrogens is 322 g/mol. The molecule has 5 heteroatoms. The molecule has 134 valence electrons. The Morgan fingerprint density at radius 3 is 2.65 bits per heavy atom. The number of para-hydroxylation sites is 1. The van der Waals surface area contributed by atoms with Gasteiger partial charge in [0.15, 0.2) is 0 Å². The molecule has 5 nitrogen and oxygen atoms in total. The van der Waals surface area contributed by atoms with Crippen LogP contribution >= 0.6 is 0 Å². The van der Waals surface area contributed by atoms with Gasteiger partial charge in [0.1, 0.15) is 5.82 Å². The van der Waals surface area contributed by atoms with E-state index in [0.29, 0.717) is 0 Å². The fourth-order valence-electron chi connectivity index (χ4n) is 3.29. The second kappa shape index (κ2) is 6.65. The van der Waals surface area contributed by atoms with E-state index in [-0.39, 0.29) is 5.41 Å². The Kier molecular flexibility index (Phi) is 4.32. The zero-order chi connectivity index (χ0) is 18.1. The first-order chi connectivity index (χ1) is 12.5. The van der Waals surface area contributed by atoms with E-state index in [2.05, 4.69) is 54.1 Å². The molecule has 1 aliphatic heterocycles. The molecule has 4 rings (SSSR count). The summed E-state index contributed by atoms with van der Waals surface area (Å²) in [6.07, 6.45) is 7.07. The van der Waals surface area contributed by atoms with E-state index in [1.54, 1.807) is 0 Å². The molecule has 1 aliphatic rings. The predicted octanol–water partition coefficient (Wildman–Crippen LogP) is 3.52. The normalized spacial score (nSPS) is 15.0. The first-order valence-electron chi connectivity index (χ1n) is 9.16. The van der Waals surface area contributed by atoms with Gasteiger partial charge in [-0.15, -0.1) is 0 Å². The van der Waals surface area contributed by atoms with Crippen LogP contribution < -0.4 is 0 Å². The van der Waals surface area contributed by atoms with Crippen molar-refractivity contribution in [1.29, 1.82) is 0 Å². The highest BCUT2D eigenvalue weighted by Crippen LogP contribution is 2.23. The zero-order valence-corrected chi connectivity index (χ0v) is 15.7. The molecule has 26 heavy (non-hydrogen) atoms. The minimum atomic E-state index is -0.00180. The van der Waals surface area contributed by atoms with Gasteiger partial charge in [0, 0.05) is 60.7 Å². The molecule has 0 radical (unpaired) electrons. The maximum Gasteiger partial charge on any atom is 0.133 e. The summed E-state index contributed by atoms with van der Waals surface area (Å²) in [4.78, 5) is 11.8. The van der Waals surface area contributed by atoms with Crippen LogP contribution in [0.15, 0.2) is 48.9 Å². The summed E-state index contributed by atoms with van der Waals surface area (Å²) in [6, 6.07) is 10.2. The van der Waals surface area contributed by atoms with Gasteiger partial charge in [0.2, 0.25) is 0 Å². The van der Waals surface area contributed by atoms with Crippen molar-refractivity contribution in [1.82, 2.24) is 24.6 Å². The Morgan fingerprint density at radius 2 is 1.88 bits per heavy atom. The Labute approximate surface area is 154 Å². The van der Waals surface area contributed by atoms with Crippen LogP contribution in [0.2, 0.25) is 0 Å². The molecule has 1 aromatic carbocycles. The summed E-state index contributed by atoms with van der Waals surface area (Å²) in [5.74, 6) is 0.939. The number of rotatable bonds is 3. The highest BCUT2D eigenvalue weighted by atomic mass is 15.3. The van der Waals surface area contributed by atoms with Crippen LogP contribution in [0.5, 0.6) is 0 Å². The molecule has 0 saturated carbocycles.